The maximum Gasteiger partial charge on any atom is 0.171 e. The number of pyridine rings is 2. The van der Waals surface area contributed by atoms with Gasteiger partial charge in [-0.1, -0.05) is 6.07 Å². The predicted octanol–water partition coefficient (Wildman–Crippen LogP) is 1.22. The average Bonchev–Trinajstić information content (AvgIpc) is 2.41. The lowest BCUT2D eigenvalue weighted by Gasteiger charge is -1.95. The van der Waals surface area contributed by atoms with E-state index in [1.54, 1.807) is 30.9 Å². The summed E-state index contributed by atoms with van der Waals surface area (Å²) in [5, 5.41) is 7.76. The number of nitrogens with zero attached hydrogens (tertiary/aromatic N) is 4. The van der Waals surface area contributed by atoms with E-state index in [2.05, 4.69) is 20.2 Å². The minimum absolute atomic E-state index is 0.288. The summed E-state index contributed by atoms with van der Waals surface area (Å²) in [6.45, 7) is 0. The van der Waals surface area contributed by atoms with Crippen LogP contribution in [0.15, 0.2) is 59.1 Å². The van der Waals surface area contributed by atoms with Crippen LogP contribution in [0, 0.1) is 0 Å². The summed E-state index contributed by atoms with van der Waals surface area (Å²) < 4.78 is 0. The van der Waals surface area contributed by atoms with Crippen molar-refractivity contribution in [3.05, 3.63) is 60.2 Å². The number of hydrogen-bond acceptors (Lipinski definition) is 4. The zero-order valence-corrected chi connectivity index (χ0v) is 9.06. The van der Waals surface area contributed by atoms with Gasteiger partial charge in [-0.2, -0.15) is 5.10 Å². The third-order valence-corrected chi connectivity index (χ3v) is 2.01. The molecule has 2 rings (SSSR count). The molecule has 0 atom stereocenters. The minimum atomic E-state index is 0.288. The molecule has 0 fully saturated rings. The van der Waals surface area contributed by atoms with Gasteiger partial charge in [0, 0.05) is 18.6 Å². The second-order valence-corrected chi connectivity index (χ2v) is 3.23. The summed E-state index contributed by atoms with van der Waals surface area (Å²) in [5.74, 6) is 0.288. The molecular formula is C12H11N5. The van der Waals surface area contributed by atoms with Crippen LogP contribution in [0.2, 0.25) is 0 Å². The molecule has 17 heavy (non-hydrogen) atoms. The maximum absolute atomic E-state index is 5.72. The third kappa shape index (κ3) is 3.20. The van der Waals surface area contributed by atoms with Gasteiger partial charge in [0.1, 0.15) is 5.69 Å². The van der Waals surface area contributed by atoms with E-state index < -0.39 is 0 Å². The van der Waals surface area contributed by atoms with Crippen LogP contribution in [0.4, 0.5) is 0 Å². The highest BCUT2D eigenvalue weighted by molar-refractivity contribution is 5.95. The Labute approximate surface area is 98.8 Å². The highest BCUT2D eigenvalue weighted by Crippen LogP contribution is 1.94. The van der Waals surface area contributed by atoms with E-state index in [0.29, 0.717) is 5.69 Å². The van der Waals surface area contributed by atoms with Crippen molar-refractivity contribution in [2.24, 2.45) is 15.9 Å². The summed E-state index contributed by atoms with van der Waals surface area (Å²) in [6.07, 6.45) is 6.64. The number of hydrogen-bond donors (Lipinski definition) is 1. The molecule has 5 heteroatoms. The van der Waals surface area contributed by atoms with Gasteiger partial charge in [0.2, 0.25) is 0 Å². The summed E-state index contributed by atoms with van der Waals surface area (Å²) in [6, 6.07) is 9.10. The molecule has 0 aliphatic rings. The fourth-order valence-corrected chi connectivity index (χ4v) is 1.17. The molecule has 2 N–H and O–H groups in total. The van der Waals surface area contributed by atoms with Crippen molar-refractivity contribution in [3.8, 4) is 0 Å². The second-order valence-electron chi connectivity index (χ2n) is 3.23. The van der Waals surface area contributed by atoms with Gasteiger partial charge in [-0.25, -0.2) is 0 Å². The van der Waals surface area contributed by atoms with E-state index in [4.69, 9.17) is 5.73 Å². The Hall–Kier alpha value is -2.56. The molecule has 84 valence electrons. The van der Waals surface area contributed by atoms with E-state index in [0.717, 1.165) is 5.56 Å². The molecule has 0 radical (unpaired) electrons. The van der Waals surface area contributed by atoms with Gasteiger partial charge in [0.15, 0.2) is 5.84 Å². The Kier molecular flexibility index (Phi) is 3.54. The standard InChI is InChI=1S/C12H11N5/c13-12(11-3-1-2-6-15-11)17-16-9-10-4-7-14-8-5-10/h1-9H,(H2,13,17)/b16-9+. The predicted molar refractivity (Wildman–Crippen MR) is 66.8 cm³/mol. The van der Waals surface area contributed by atoms with Gasteiger partial charge in [0.05, 0.1) is 6.21 Å². The quantitative estimate of drug-likeness (QED) is 0.484. The van der Waals surface area contributed by atoms with Crippen molar-refractivity contribution >= 4 is 12.1 Å². The Morgan fingerprint density at radius 1 is 1.12 bits per heavy atom. The first-order chi connectivity index (χ1) is 8.36. The molecule has 5 nitrogen and oxygen atoms in total. The molecule has 0 aliphatic heterocycles. The second kappa shape index (κ2) is 5.50. The maximum atomic E-state index is 5.72. The van der Waals surface area contributed by atoms with E-state index in [1.165, 1.54) is 0 Å². The molecule has 0 aromatic carbocycles. The van der Waals surface area contributed by atoms with Gasteiger partial charge in [-0.15, -0.1) is 5.10 Å². The van der Waals surface area contributed by atoms with Gasteiger partial charge >= 0.3 is 0 Å². The normalized spacial score (nSPS) is 11.9. The van der Waals surface area contributed by atoms with Gasteiger partial charge in [0.25, 0.3) is 0 Å². The largest absolute Gasteiger partial charge is 0.380 e. The zero-order valence-electron chi connectivity index (χ0n) is 9.06. The molecule has 0 aliphatic carbocycles. The van der Waals surface area contributed by atoms with Gasteiger partial charge < -0.3 is 5.73 Å². The first kappa shape index (κ1) is 10.9. The lowest BCUT2D eigenvalue weighted by molar-refractivity contribution is 1.19. The van der Waals surface area contributed by atoms with Crippen LogP contribution in [0.1, 0.15) is 11.3 Å². The van der Waals surface area contributed by atoms with E-state index in [9.17, 15) is 0 Å². The monoisotopic (exact) mass is 225 g/mol. The fraction of sp³-hybridized carbons (Fsp3) is 0. The summed E-state index contributed by atoms with van der Waals surface area (Å²) in [5.41, 5.74) is 7.25. The minimum Gasteiger partial charge on any atom is -0.380 e. The van der Waals surface area contributed by atoms with E-state index in [-0.39, 0.29) is 5.84 Å². The van der Waals surface area contributed by atoms with Crippen molar-refractivity contribution in [1.82, 2.24) is 9.97 Å². The molecular weight excluding hydrogens is 214 g/mol. The van der Waals surface area contributed by atoms with Crippen LogP contribution in [0.25, 0.3) is 0 Å². The average molecular weight is 225 g/mol. The van der Waals surface area contributed by atoms with Crippen molar-refractivity contribution in [2.75, 3.05) is 0 Å². The van der Waals surface area contributed by atoms with Crippen LogP contribution in [0.3, 0.4) is 0 Å². The Morgan fingerprint density at radius 2 is 1.94 bits per heavy atom. The molecule has 2 aromatic rings. The van der Waals surface area contributed by atoms with Crippen LogP contribution in [-0.4, -0.2) is 22.0 Å². The molecule has 0 bridgehead atoms. The zero-order chi connectivity index (χ0) is 11.9. The molecule has 0 unspecified atom stereocenters. The lowest BCUT2D eigenvalue weighted by Crippen LogP contribution is -2.14. The smallest absolute Gasteiger partial charge is 0.171 e. The highest BCUT2D eigenvalue weighted by atomic mass is 15.2. The molecule has 2 aromatic heterocycles. The topological polar surface area (TPSA) is 76.5 Å². The van der Waals surface area contributed by atoms with Crippen molar-refractivity contribution in [3.63, 3.8) is 0 Å². The van der Waals surface area contributed by atoms with Gasteiger partial charge in [-0.3, -0.25) is 9.97 Å². The lowest BCUT2D eigenvalue weighted by atomic mass is 10.3. The van der Waals surface area contributed by atoms with Crippen molar-refractivity contribution < 1.29 is 0 Å². The number of aromatic nitrogens is 2. The van der Waals surface area contributed by atoms with Gasteiger partial charge in [-0.05, 0) is 29.8 Å². The van der Waals surface area contributed by atoms with Crippen LogP contribution >= 0.6 is 0 Å². The highest BCUT2D eigenvalue weighted by Gasteiger charge is 1.96. The van der Waals surface area contributed by atoms with E-state index >= 15 is 0 Å². The first-order valence-electron chi connectivity index (χ1n) is 5.04. The number of rotatable bonds is 3. The third-order valence-electron chi connectivity index (χ3n) is 2.01. The Morgan fingerprint density at radius 3 is 2.65 bits per heavy atom. The Balaban J connectivity index is 2.09. The molecule has 2 heterocycles. The molecule has 0 saturated heterocycles. The molecule has 0 amide bonds. The van der Waals surface area contributed by atoms with Crippen LogP contribution in [0.5, 0.6) is 0 Å². The van der Waals surface area contributed by atoms with Crippen LogP contribution in [-0.2, 0) is 0 Å². The van der Waals surface area contributed by atoms with E-state index in [1.807, 2.05) is 24.3 Å². The Bertz CT molecular complexity index is 519. The SMILES string of the molecule is N/C(=N\N=C\c1ccncc1)c1ccccn1. The van der Waals surface area contributed by atoms with Crippen LogP contribution < -0.4 is 5.73 Å². The fourth-order valence-electron chi connectivity index (χ4n) is 1.17. The van der Waals surface area contributed by atoms with Crippen molar-refractivity contribution in [2.45, 2.75) is 0 Å². The number of amidine groups is 1. The first-order valence-corrected chi connectivity index (χ1v) is 5.04. The summed E-state index contributed by atoms with van der Waals surface area (Å²) in [7, 11) is 0. The number of nitrogens with two attached hydrogens (primary N) is 1. The molecule has 0 spiro atoms. The summed E-state index contributed by atoms with van der Waals surface area (Å²) >= 11 is 0. The summed E-state index contributed by atoms with van der Waals surface area (Å²) in [4.78, 5) is 7.97. The molecule has 0 saturated carbocycles. The van der Waals surface area contributed by atoms with Crippen molar-refractivity contribution in [1.29, 1.82) is 0 Å².